The maximum absolute atomic E-state index is 12.4. The first-order valence-corrected chi connectivity index (χ1v) is 8.15. The molecule has 1 amide bonds. The van der Waals surface area contributed by atoms with Gasteiger partial charge in [-0.25, -0.2) is 0 Å². The monoisotopic (exact) mass is 277 g/mol. The van der Waals surface area contributed by atoms with Gasteiger partial charge in [0, 0.05) is 17.0 Å². The molecule has 0 bridgehead atoms. The van der Waals surface area contributed by atoms with Gasteiger partial charge in [-0.3, -0.25) is 4.79 Å². The zero-order valence-corrected chi connectivity index (χ0v) is 12.1. The minimum absolute atomic E-state index is 0.241. The molecule has 2 nitrogen and oxygen atoms in total. The molecule has 21 heavy (non-hydrogen) atoms. The summed E-state index contributed by atoms with van der Waals surface area (Å²) in [5.41, 5.74) is 3.87. The van der Waals surface area contributed by atoms with E-state index < -0.39 is 0 Å². The van der Waals surface area contributed by atoms with Crippen LogP contribution in [0.15, 0.2) is 30.3 Å². The van der Waals surface area contributed by atoms with Gasteiger partial charge < -0.3 is 5.32 Å². The topological polar surface area (TPSA) is 29.1 Å². The molecule has 0 aromatic heterocycles. The maximum Gasteiger partial charge on any atom is 0.227 e. The van der Waals surface area contributed by atoms with Crippen molar-refractivity contribution in [2.75, 3.05) is 5.32 Å². The first-order valence-electron chi connectivity index (χ1n) is 8.15. The van der Waals surface area contributed by atoms with Crippen molar-refractivity contribution in [3.05, 3.63) is 41.5 Å². The number of amides is 1. The smallest absolute Gasteiger partial charge is 0.227 e. The largest absolute Gasteiger partial charge is 0.325 e. The molecule has 5 rings (SSSR count). The van der Waals surface area contributed by atoms with Crippen molar-refractivity contribution in [3.63, 3.8) is 0 Å². The summed E-state index contributed by atoms with van der Waals surface area (Å²) in [5, 5.41) is 5.80. The number of hydrogen-bond acceptors (Lipinski definition) is 1. The lowest BCUT2D eigenvalue weighted by atomic mass is 10.0. The summed E-state index contributed by atoms with van der Waals surface area (Å²) >= 11 is 0. The third-order valence-electron chi connectivity index (χ3n) is 5.54. The van der Waals surface area contributed by atoms with Crippen molar-refractivity contribution in [1.82, 2.24) is 0 Å². The predicted octanol–water partition coefficient (Wildman–Crippen LogP) is 3.92. The fourth-order valence-electron chi connectivity index (χ4n) is 4.14. The van der Waals surface area contributed by atoms with Crippen molar-refractivity contribution < 1.29 is 4.79 Å². The van der Waals surface area contributed by atoms with E-state index in [-0.39, 0.29) is 11.8 Å². The summed E-state index contributed by atoms with van der Waals surface area (Å²) in [7, 11) is 0. The minimum Gasteiger partial charge on any atom is -0.325 e. The number of aryl methyl sites for hydroxylation is 2. The number of rotatable bonds is 3. The van der Waals surface area contributed by atoms with E-state index in [9.17, 15) is 4.79 Å². The second-order valence-electron chi connectivity index (χ2n) is 6.94. The van der Waals surface area contributed by atoms with Crippen LogP contribution in [0.1, 0.15) is 30.4 Å². The molecule has 0 spiro atoms. The lowest BCUT2D eigenvalue weighted by Crippen LogP contribution is -2.15. The third-order valence-corrected chi connectivity index (χ3v) is 5.54. The SMILES string of the molecule is O=C(Nc1ccc2c3c(cccc13)CC2)[C@@H]1C[C@H]1C1CC1. The molecule has 0 radical (unpaired) electrons. The van der Waals surface area contributed by atoms with Gasteiger partial charge >= 0.3 is 0 Å². The second-order valence-corrected chi connectivity index (χ2v) is 6.94. The number of anilines is 1. The Morgan fingerprint density at radius 3 is 2.67 bits per heavy atom. The summed E-state index contributed by atoms with van der Waals surface area (Å²) in [6, 6.07) is 10.8. The molecule has 3 aliphatic rings. The molecule has 2 atom stereocenters. The molecule has 106 valence electrons. The fraction of sp³-hybridized carbons (Fsp3) is 0.421. The molecule has 2 aromatic rings. The Hall–Kier alpha value is -1.83. The van der Waals surface area contributed by atoms with Crippen molar-refractivity contribution in [1.29, 1.82) is 0 Å². The van der Waals surface area contributed by atoms with Gasteiger partial charge in [-0.05, 0) is 66.5 Å². The first kappa shape index (κ1) is 11.8. The molecule has 3 aliphatic carbocycles. The van der Waals surface area contributed by atoms with E-state index in [0.29, 0.717) is 5.92 Å². The summed E-state index contributed by atoms with van der Waals surface area (Å²) in [5.74, 6) is 2.06. The van der Waals surface area contributed by atoms with E-state index in [1.54, 1.807) is 0 Å². The number of carbonyl (C=O) groups excluding carboxylic acids is 1. The van der Waals surface area contributed by atoms with Gasteiger partial charge in [0.05, 0.1) is 0 Å². The standard InChI is InChI=1S/C19H19NO/c21-19(16-10-15(16)11-4-5-11)20-17-9-8-13-7-6-12-2-1-3-14(17)18(12)13/h1-3,8-9,11,15-16H,4-7,10H2,(H,20,21)/t15-,16+/m0/s1. The van der Waals surface area contributed by atoms with Gasteiger partial charge in [-0.15, -0.1) is 0 Å². The lowest BCUT2D eigenvalue weighted by molar-refractivity contribution is -0.117. The van der Waals surface area contributed by atoms with Gasteiger partial charge in [0.2, 0.25) is 5.91 Å². The van der Waals surface area contributed by atoms with Crippen LogP contribution in [-0.4, -0.2) is 5.91 Å². The molecule has 2 heteroatoms. The molecule has 0 heterocycles. The van der Waals surface area contributed by atoms with Crippen LogP contribution in [-0.2, 0) is 17.6 Å². The van der Waals surface area contributed by atoms with Crippen LogP contribution < -0.4 is 5.32 Å². The fourth-order valence-corrected chi connectivity index (χ4v) is 4.14. The number of nitrogens with one attached hydrogen (secondary N) is 1. The van der Waals surface area contributed by atoms with E-state index in [4.69, 9.17) is 0 Å². The number of benzene rings is 2. The summed E-state index contributed by atoms with van der Waals surface area (Å²) < 4.78 is 0. The normalized spacial score (nSPS) is 26.1. The molecule has 2 saturated carbocycles. The highest BCUT2D eigenvalue weighted by Gasteiger charge is 2.51. The van der Waals surface area contributed by atoms with E-state index in [1.165, 1.54) is 34.7 Å². The van der Waals surface area contributed by atoms with E-state index in [1.807, 2.05) is 0 Å². The van der Waals surface area contributed by atoms with Crippen molar-refractivity contribution in [2.45, 2.75) is 32.1 Å². The molecular weight excluding hydrogens is 258 g/mol. The Bertz CT molecular complexity index is 749. The second kappa shape index (κ2) is 4.09. The van der Waals surface area contributed by atoms with Gasteiger partial charge in [0.15, 0.2) is 0 Å². The zero-order chi connectivity index (χ0) is 14.0. The molecule has 0 unspecified atom stereocenters. The molecule has 2 fully saturated rings. The van der Waals surface area contributed by atoms with Crippen LogP contribution in [0.5, 0.6) is 0 Å². The molecular formula is C19H19NO. The molecule has 0 saturated heterocycles. The van der Waals surface area contributed by atoms with Crippen molar-refractivity contribution in [3.8, 4) is 0 Å². The Morgan fingerprint density at radius 1 is 1.05 bits per heavy atom. The minimum atomic E-state index is 0.241. The lowest BCUT2D eigenvalue weighted by Gasteiger charge is -2.10. The predicted molar refractivity (Wildman–Crippen MR) is 84.3 cm³/mol. The van der Waals surface area contributed by atoms with Crippen LogP contribution >= 0.6 is 0 Å². The quantitative estimate of drug-likeness (QED) is 0.905. The Morgan fingerprint density at radius 2 is 1.86 bits per heavy atom. The van der Waals surface area contributed by atoms with Crippen LogP contribution in [0.2, 0.25) is 0 Å². The van der Waals surface area contributed by atoms with E-state index >= 15 is 0 Å². The molecule has 0 aliphatic heterocycles. The number of carbonyl (C=O) groups is 1. The maximum atomic E-state index is 12.4. The van der Waals surface area contributed by atoms with Crippen LogP contribution in [0, 0.1) is 17.8 Å². The average molecular weight is 277 g/mol. The summed E-state index contributed by atoms with van der Waals surface area (Å²) in [6.07, 6.45) is 6.07. The third kappa shape index (κ3) is 1.81. The van der Waals surface area contributed by atoms with Crippen molar-refractivity contribution in [2.24, 2.45) is 17.8 Å². The van der Waals surface area contributed by atoms with Gasteiger partial charge in [0.25, 0.3) is 0 Å². The van der Waals surface area contributed by atoms with Crippen LogP contribution in [0.3, 0.4) is 0 Å². The highest BCUT2D eigenvalue weighted by atomic mass is 16.2. The zero-order valence-electron chi connectivity index (χ0n) is 12.1. The van der Waals surface area contributed by atoms with Crippen LogP contribution in [0.25, 0.3) is 10.8 Å². The van der Waals surface area contributed by atoms with Gasteiger partial charge in [-0.1, -0.05) is 24.3 Å². The Labute approximate surface area is 124 Å². The van der Waals surface area contributed by atoms with Gasteiger partial charge in [-0.2, -0.15) is 0 Å². The summed E-state index contributed by atoms with van der Waals surface area (Å²) in [6.45, 7) is 0. The van der Waals surface area contributed by atoms with Crippen LogP contribution in [0.4, 0.5) is 5.69 Å². The summed E-state index contributed by atoms with van der Waals surface area (Å²) in [4.78, 5) is 12.4. The van der Waals surface area contributed by atoms with Crippen molar-refractivity contribution >= 4 is 22.4 Å². The Balaban J connectivity index is 1.47. The van der Waals surface area contributed by atoms with Gasteiger partial charge in [0.1, 0.15) is 0 Å². The highest BCUT2D eigenvalue weighted by Crippen LogP contribution is 2.54. The first-order chi connectivity index (χ1) is 10.3. The average Bonchev–Trinajstić information content (AvgIpc) is 3.38. The molecule has 1 N–H and O–H groups in total. The number of hydrogen-bond donors (Lipinski definition) is 1. The molecule has 2 aromatic carbocycles. The van der Waals surface area contributed by atoms with E-state index in [2.05, 4.69) is 35.6 Å². The highest BCUT2D eigenvalue weighted by molar-refractivity contribution is 6.06. The van der Waals surface area contributed by atoms with E-state index in [0.717, 1.165) is 30.9 Å². The Kier molecular flexibility index (Phi) is 2.30.